The topological polar surface area (TPSA) is 58.2 Å². The summed E-state index contributed by atoms with van der Waals surface area (Å²) in [4.78, 5) is 25.4. The van der Waals surface area contributed by atoms with Gasteiger partial charge in [0.05, 0.1) is 10.6 Å². The predicted octanol–water partition coefficient (Wildman–Crippen LogP) is 5.14. The van der Waals surface area contributed by atoms with Crippen molar-refractivity contribution in [3.05, 3.63) is 69.4 Å². The molecule has 2 amide bonds. The first-order valence-corrected chi connectivity index (χ1v) is 9.52. The molecule has 0 atom stereocenters. The summed E-state index contributed by atoms with van der Waals surface area (Å²) in [5.74, 6) is -1.50. The van der Waals surface area contributed by atoms with Crippen LogP contribution in [0.2, 0.25) is 0 Å². The van der Waals surface area contributed by atoms with Crippen LogP contribution in [0.4, 0.5) is 20.2 Å². The van der Waals surface area contributed by atoms with Crippen LogP contribution in [-0.4, -0.2) is 11.8 Å². The van der Waals surface area contributed by atoms with Crippen LogP contribution in [0, 0.1) is 18.6 Å². The highest BCUT2D eigenvalue weighted by atomic mass is 32.1. The van der Waals surface area contributed by atoms with E-state index in [9.17, 15) is 18.4 Å². The zero-order valence-corrected chi connectivity index (χ0v) is 15.8. The lowest BCUT2D eigenvalue weighted by Crippen LogP contribution is -2.20. The third-order valence-electron chi connectivity index (χ3n) is 4.63. The van der Waals surface area contributed by atoms with Gasteiger partial charge in [0.2, 0.25) is 5.91 Å². The molecule has 1 aromatic heterocycles. The number of halogens is 2. The van der Waals surface area contributed by atoms with E-state index in [4.69, 9.17) is 0 Å². The lowest BCUT2D eigenvalue weighted by Gasteiger charge is -2.18. The largest absolute Gasteiger partial charge is 0.326 e. The number of anilines is 2. The van der Waals surface area contributed by atoms with Crippen LogP contribution in [0.5, 0.6) is 0 Å². The lowest BCUT2D eigenvalue weighted by molar-refractivity contribution is -0.116. The summed E-state index contributed by atoms with van der Waals surface area (Å²) in [6, 6.07) is 10.6. The minimum atomic E-state index is -0.610. The number of benzene rings is 2. The Morgan fingerprint density at radius 1 is 1.11 bits per heavy atom. The monoisotopic (exact) mass is 398 g/mol. The average Bonchev–Trinajstić information content (AvgIpc) is 3.05. The molecular weight excluding hydrogens is 382 g/mol. The molecule has 142 valence electrons. The molecule has 7 heteroatoms. The number of amides is 2. The minimum absolute atomic E-state index is 0.0780. The van der Waals surface area contributed by atoms with Crippen LogP contribution in [0.25, 0.3) is 11.1 Å². The second kappa shape index (κ2) is 7.16. The Bertz CT molecular complexity index is 1090. The maximum Gasteiger partial charge on any atom is 0.265 e. The molecule has 4 nitrogen and oxygen atoms in total. The van der Waals surface area contributed by atoms with E-state index >= 15 is 0 Å². The molecule has 3 aromatic rings. The molecule has 2 N–H and O–H groups in total. The van der Waals surface area contributed by atoms with Crippen LogP contribution in [0.15, 0.2) is 42.5 Å². The van der Waals surface area contributed by atoms with Crippen molar-refractivity contribution >= 4 is 34.5 Å². The Kier molecular flexibility index (Phi) is 4.68. The fourth-order valence-corrected chi connectivity index (χ4v) is 4.13. The van der Waals surface area contributed by atoms with Crippen molar-refractivity contribution in [1.82, 2.24) is 0 Å². The first kappa shape index (κ1) is 18.3. The van der Waals surface area contributed by atoms with Crippen molar-refractivity contribution in [2.75, 3.05) is 10.6 Å². The quantitative estimate of drug-likeness (QED) is 0.642. The van der Waals surface area contributed by atoms with Gasteiger partial charge in [-0.25, -0.2) is 8.78 Å². The third kappa shape index (κ3) is 3.53. The summed E-state index contributed by atoms with van der Waals surface area (Å²) in [6.45, 7) is 1.88. The Morgan fingerprint density at radius 3 is 2.61 bits per heavy atom. The van der Waals surface area contributed by atoms with Crippen molar-refractivity contribution < 1.29 is 18.4 Å². The van der Waals surface area contributed by atoms with Crippen LogP contribution in [-0.2, 0) is 11.2 Å². The fraction of sp³-hybridized carbons (Fsp3) is 0.143. The number of carbonyl (C=O) groups is 2. The van der Waals surface area contributed by atoms with E-state index in [2.05, 4.69) is 10.6 Å². The maximum atomic E-state index is 14.4. The highest BCUT2D eigenvalue weighted by molar-refractivity contribution is 7.14. The Morgan fingerprint density at radius 2 is 1.86 bits per heavy atom. The Hall–Kier alpha value is -3.06. The minimum Gasteiger partial charge on any atom is -0.326 e. The third-order valence-corrected chi connectivity index (χ3v) is 5.68. The molecular formula is C21H16F2N2O2S. The standard InChI is InChI=1S/C21H16F2N2O2S/c1-11-15(12-2-5-14(22)6-3-12)9-19(28-11)21(27)25-18-8-13-4-7-20(26)24-17(13)10-16(18)23/h2-3,5-6,8-10H,4,7H2,1H3,(H,24,26)(H,25,27). The van der Waals surface area contributed by atoms with E-state index < -0.39 is 11.7 Å². The van der Waals surface area contributed by atoms with E-state index in [1.165, 1.54) is 29.5 Å². The number of thiophene rings is 1. The summed E-state index contributed by atoms with van der Waals surface area (Å²) in [6.07, 6.45) is 0.828. The van der Waals surface area contributed by atoms with Crippen LogP contribution in [0.1, 0.15) is 26.5 Å². The molecule has 0 unspecified atom stereocenters. The number of hydrogen-bond donors (Lipinski definition) is 2. The number of fused-ring (bicyclic) bond motifs is 1. The Balaban J connectivity index is 1.58. The maximum absolute atomic E-state index is 14.4. The average molecular weight is 398 g/mol. The molecule has 0 saturated carbocycles. The van der Waals surface area contributed by atoms with Crippen molar-refractivity contribution in [3.63, 3.8) is 0 Å². The van der Waals surface area contributed by atoms with Gasteiger partial charge in [-0.2, -0.15) is 0 Å². The zero-order valence-electron chi connectivity index (χ0n) is 14.9. The van der Waals surface area contributed by atoms with Gasteiger partial charge in [0, 0.05) is 17.0 Å². The molecule has 0 bridgehead atoms. The molecule has 28 heavy (non-hydrogen) atoms. The van der Waals surface area contributed by atoms with Gasteiger partial charge < -0.3 is 10.6 Å². The predicted molar refractivity (Wildman–Crippen MR) is 106 cm³/mol. The number of rotatable bonds is 3. The van der Waals surface area contributed by atoms with Gasteiger partial charge in [0.25, 0.3) is 5.91 Å². The van der Waals surface area contributed by atoms with Gasteiger partial charge in [0.1, 0.15) is 11.6 Å². The SMILES string of the molecule is Cc1sc(C(=O)Nc2cc3c(cc2F)NC(=O)CC3)cc1-c1ccc(F)cc1. The van der Waals surface area contributed by atoms with Crippen molar-refractivity contribution in [2.24, 2.45) is 0 Å². The number of nitrogens with one attached hydrogen (secondary N) is 2. The molecule has 4 rings (SSSR count). The molecule has 2 heterocycles. The van der Waals surface area contributed by atoms with Gasteiger partial charge in [-0.3, -0.25) is 9.59 Å². The highest BCUT2D eigenvalue weighted by Crippen LogP contribution is 2.33. The summed E-state index contributed by atoms with van der Waals surface area (Å²) >= 11 is 1.29. The molecule has 0 fully saturated rings. The van der Waals surface area contributed by atoms with Crippen molar-refractivity contribution in [2.45, 2.75) is 19.8 Å². The van der Waals surface area contributed by atoms with E-state index in [1.807, 2.05) is 6.92 Å². The summed E-state index contributed by atoms with van der Waals surface area (Å²) in [5.41, 5.74) is 2.95. The Labute approximate surface area is 164 Å². The summed E-state index contributed by atoms with van der Waals surface area (Å²) < 4.78 is 27.5. The molecule has 1 aliphatic rings. The van der Waals surface area contributed by atoms with E-state index in [1.54, 1.807) is 24.3 Å². The van der Waals surface area contributed by atoms with Gasteiger partial charge >= 0.3 is 0 Å². The molecule has 0 spiro atoms. The zero-order chi connectivity index (χ0) is 19.8. The smallest absolute Gasteiger partial charge is 0.265 e. The first-order chi connectivity index (χ1) is 13.4. The van der Waals surface area contributed by atoms with Gasteiger partial charge in [-0.1, -0.05) is 12.1 Å². The van der Waals surface area contributed by atoms with Crippen LogP contribution in [0.3, 0.4) is 0 Å². The van der Waals surface area contributed by atoms with Crippen LogP contribution >= 0.6 is 11.3 Å². The molecule has 0 saturated heterocycles. The lowest BCUT2D eigenvalue weighted by atomic mass is 10.0. The van der Waals surface area contributed by atoms with E-state index in [-0.39, 0.29) is 17.4 Å². The van der Waals surface area contributed by atoms with Crippen molar-refractivity contribution in [1.29, 1.82) is 0 Å². The molecule has 0 aliphatic carbocycles. The number of hydrogen-bond acceptors (Lipinski definition) is 3. The van der Waals surface area contributed by atoms with E-state index in [0.717, 1.165) is 21.6 Å². The van der Waals surface area contributed by atoms with Crippen LogP contribution < -0.4 is 10.6 Å². The number of aryl methyl sites for hydroxylation is 2. The normalized spacial score (nSPS) is 13.0. The molecule has 1 aliphatic heterocycles. The van der Waals surface area contributed by atoms with Gasteiger partial charge in [-0.05, 0) is 60.4 Å². The molecule has 0 radical (unpaired) electrons. The van der Waals surface area contributed by atoms with Gasteiger partial charge in [0.15, 0.2) is 0 Å². The summed E-state index contributed by atoms with van der Waals surface area (Å²) in [5, 5.41) is 5.24. The number of carbonyl (C=O) groups excluding carboxylic acids is 2. The summed E-state index contributed by atoms with van der Waals surface area (Å²) in [7, 11) is 0. The van der Waals surface area contributed by atoms with Crippen molar-refractivity contribution in [3.8, 4) is 11.1 Å². The van der Waals surface area contributed by atoms with Gasteiger partial charge in [-0.15, -0.1) is 11.3 Å². The fourth-order valence-electron chi connectivity index (χ4n) is 3.19. The first-order valence-electron chi connectivity index (χ1n) is 8.70. The second-order valence-electron chi connectivity index (χ2n) is 6.58. The molecule has 2 aromatic carbocycles. The second-order valence-corrected chi connectivity index (χ2v) is 7.84. The highest BCUT2D eigenvalue weighted by Gasteiger charge is 2.20. The van der Waals surface area contributed by atoms with E-state index in [0.29, 0.717) is 23.4 Å².